The van der Waals surface area contributed by atoms with Crippen molar-refractivity contribution in [1.29, 1.82) is 0 Å². The minimum Gasteiger partial charge on any atom is -0.392 e. The van der Waals surface area contributed by atoms with Crippen LogP contribution in [-0.2, 0) is 46.4 Å². The molecule has 6 rings (SSSR count). The number of imidazole rings is 2. The first-order valence-corrected chi connectivity index (χ1v) is 15.8. The molecule has 1 atom stereocenters. The number of β-amino-alcohol motifs (C(OH)–C–C–N with tert-alkyl or cyclic N) is 1. The molecule has 0 aliphatic carbocycles. The number of nitrogens with zero attached hydrogens (tertiary/aromatic N) is 6. The van der Waals surface area contributed by atoms with Gasteiger partial charge < -0.3 is 24.5 Å². The maximum Gasteiger partial charge on any atom is 0.291 e. The van der Waals surface area contributed by atoms with Crippen molar-refractivity contribution in [3.8, 4) is 11.1 Å². The van der Waals surface area contributed by atoms with Crippen molar-refractivity contribution < 1.29 is 14.7 Å². The number of nitrogens with one attached hydrogen (secondary N) is 1. The van der Waals surface area contributed by atoms with E-state index >= 15 is 0 Å². The molecule has 11 heteroatoms. The predicted molar refractivity (Wildman–Crippen MR) is 175 cm³/mol. The molecule has 0 saturated heterocycles. The van der Waals surface area contributed by atoms with E-state index in [0.717, 1.165) is 77.5 Å². The first-order valence-electron chi connectivity index (χ1n) is 15.4. The van der Waals surface area contributed by atoms with Crippen LogP contribution in [0.3, 0.4) is 0 Å². The quantitative estimate of drug-likeness (QED) is 0.282. The number of aliphatic hydroxyl groups is 1. The molecule has 4 aromatic rings. The molecular formula is C34H40ClN7O3. The monoisotopic (exact) mass is 629 g/mol. The summed E-state index contributed by atoms with van der Waals surface area (Å²) in [5, 5.41) is 13.2. The Bertz CT molecular complexity index is 1790. The van der Waals surface area contributed by atoms with Crippen LogP contribution >= 0.6 is 11.6 Å². The predicted octanol–water partition coefficient (Wildman–Crippen LogP) is 4.19. The molecule has 2 aromatic heterocycles. The average Bonchev–Trinajstić information content (AvgIpc) is 3.50. The van der Waals surface area contributed by atoms with Crippen molar-refractivity contribution in [2.24, 2.45) is 14.1 Å². The zero-order valence-electron chi connectivity index (χ0n) is 26.5. The van der Waals surface area contributed by atoms with Crippen LogP contribution in [0.2, 0.25) is 5.02 Å². The number of anilines is 1. The molecule has 2 N–H and O–H groups in total. The second-order valence-corrected chi connectivity index (χ2v) is 12.8. The van der Waals surface area contributed by atoms with E-state index in [1.165, 1.54) is 0 Å². The van der Waals surface area contributed by atoms with E-state index in [2.05, 4.69) is 27.1 Å². The number of likely N-dealkylation sites (N-methyl/N-ethyl adjacent to an activating group) is 1. The summed E-state index contributed by atoms with van der Waals surface area (Å²) < 4.78 is 3.81. The molecule has 0 unspecified atom stereocenters. The molecule has 2 aliphatic heterocycles. The van der Waals surface area contributed by atoms with E-state index in [0.29, 0.717) is 35.4 Å². The maximum atomic E-state index is 13.5. The summed E-state index contributed by atoms with van der Waals surface area (Å²) in [6, 6.07) is 11.5. The van der Waals surface area contributed by atoms with Crippen molar-refractivity contribution in [3.05, 3.63) is 87.0 Å². The number of carbonyl (C=O) groups is 2. The van der Waals surface area contributed by atoms with Gasteiger partial charge in [-0.25, -0.2) is 9.97 Å². The number of ketones is 1. The highest BCUT2D eigenvalue weighted by atomic mass is 35.5. The van der Waals surface area contributed by atoms with Gasteiger partial charge in [-0.3, -0.25) is 14.5 Å². The summed E-state index contributed by atoms with van der Waals surface area (Å²) >= 11 is 6.94. The lowest BCUT2D eigenvalue weighted by molar-refractivity contribution is 0.0977. The molecule has 0 spiro atoms. The van der Waals surface area contributed by atoms with Crippen molar-refractivity contribution in [3.63, 3.8) is 0 Å². The number of aliphatic hydroxyl groups excluding tert-OH is 1. The summed E-state index contributed by atoms with van der Waals surface area (Å²) in [7, 11) is 5.86. The van der Waals surface area contributed by atoms with Crippen LogP contribution in [0.1, 0.15) is 62.1 Å². The molecule has 0 radical (unpaired) electrons. The van der Waals surface area contributed by atoms with Gasteiger partial charge in [-0.05, 0) is 43.7 Å². The molecule has 2 aromatic carbocycles. The number of rotatable bonds is 8. The Labute approximate surface area is 268 Å². The van der Waals surface area contributed by atoms with E-state index < -0.39 is 6.10 Å². The van der Waals surface area contributed by atoms with Crippen LogP contribution in [-0.4, -0.2) is 78.5 Å². The Hall–Kier alpha value is -3.83. The van der Waals surface area contributed by atoms with Gasteiger partial charge >= 0.3 is 0 Å². The Morgan fingerprint density at radius 3 is 2.33 bits per heavy atom. The summed E-state index contributed by atoms with van der Waals surface area (Å²) in [6.07, 6.45) is 1.44. The van der Waals surface area contributed by atoms with E-state index in [4.69, 9.17) is 16.6 Å². The molecule has 2 aliphatic rings. The van der Waals surface area contributed by atoms with Crippen molar-refractivity contribution in [2.45, 2.75) is 52.3 Å². The standard InChI is InChI=1S/C34H40ClN7O3/c1-20(43)17-42-15-13-29-27(19-42)37-33(41(29)5)34(45)38-25-11-7-10-24(31(25)35)23-9-6-8-22(21(23)2)16-30(44)32-36-26-18-39(3)14-12-28(26)40(32)4/h6-11,20,43H,12-19H2,1-5H3,(H,38,45)/t20-/m0/s1. The maximum absolute atomic E-state index is 13.5. The number of Topliss-reactive ketones (excluding diaryl/α,β-unsaturated/α-hetero) is 1. The highest BCUT2D eigenvalue weighted by Crippen LogP contribution is 2.37. The number of halogens is 1. The van der Waals surface area contributed by atoms with Gasteiger partial charge in [0.1, 0.15) is 0 Å². The highest BCUT2D eigenvalue weighted by molar-refractivity contribution is 6.36. The fraction of sp³-hybridized carbons (Fsp3) is 0.412. The minimum atomic E-state index is -0.425. The largest absolute Gasteiger partial charge is 0.392 e. The van der Waals surface area contributed by atoms with Gasteiger partial charge in [0.2, 0.25) is 5.78 Å². The number of hydrogen-bond acceptors (Lipinski definition) is 7. The third-order valence-corrected chi connectivity index (χ3v) is 9.50. The lowest BCUT2D eigenvalue weighted by Crippen LogP contribution is -2.36. The number of hydrogen-bond donors (Lipinski definition) is 2. The van der Waals surface area contributed by atoms with Crippen LogP contribution < -0.4 is 5.32 Å². The van der Waals surface area contributed by atoms with Crippen LogP contribution in [0.25, 0.3) is 11.1 Å². The van der Waals surface area contributed by atoms with E-state index in [9.17, 15) is 14.7 Å². The van der Waals surface area contributed by atoms with Crippen LogP contribution in [0.4, 0.5) is 5.69 Å². The van der Waals surface area contributed by atoms with E-state index in [1.54, 1.807) is 13.0 Å². The van der Waals surface area contributed by atoms with Crippen molar-refractivity contribution in [1.82, 2.24) is 28.9 Å². The number of amides is 1. The average molecular weight is 630 g/mol. The Morgan fingerprint density at radius 2 is 1.58 bits per heavy atom. The third-order valence-electron chi connectivity index (χ3n) is 9.09. The van der Waals surface area contributed by atoms with Crippen LogP contribution in [0.15, 0.2) is 36.4 Å². The molecule has 0 fully saturated rings. The molecule has 10 nitrogen and oxygen atoms in total. The lowest BCUT2D eigenvalue weighted by Gasteiger charge is -2.27. The van der Waals surface area contributed by atoms with Gasteiger partial charge in [0, 0.05) is 83.0 Å². The first kappa shape index (κ1) is 31.2. The number of carbonyl (C=O) groups excluding carboxylic acids is 2. The SMILES string of the molecule is Cc1c(CC(=O)c2nc3c(n2C)CCN(C)C3)cccc1-c1cccc(NC(=O)c2nc3c(n2C)CCN(C[C@H](C)O)C3)c1Cl. The van der Waals surface area contributed by atoms with E-state index in [1.807, 2.05) is 60.5 Å². The van der Waals surface area contributed by atoms with E-state index in [-0.39, 0.29) is 18.1 Å². The fourth-order valence-corrected chi connectivity index (χ4v) is 6.93. The van der Waals surface area contributed by atoms with Crippen LogP contribution in [0, 0.1) is 6.92 Å². The Morgan fingerprint density at radius 1 is 0.933 bits per heavy atom. The normalized spacial score (nSPS) is 15.9. The lowest BCUT2D eigenvalue weighted by atomic mass is 9.93. The molecule has 45 heavy (non-hydrogen) atoms. The fourth-order valence-electron chi connectivity index (χ4n) is 6.66. The van der Waals surface area contributed by atoms with Gasteiger partial charge in [-0.1, -0.05) is 41.9 Å². The van der Waals surface area contributed by atoms with Gasteiger partial charge in [0.05, 0.1) is 28.2 Å². The number of aromatic nitrogens is 4. The molecule has 0 saturated carbocycles. The Balaban J connectivity index is 1.22. The highest BCUT2D eigenvalue weighted by Gasteiger charge is 2.27. The number of fused-ring (bicyclic) bond motifs is 2. The number of benzene rings is 2. The molecule has 4 heterocycles. The molecule has 236 valence electrons. The minimum absolute atomic E-state index is 0.0197. The first-order chi connectivity index (χ1) is 21.5. The van der Waals surface area contributed by atoms with Gasteiger partial charge in [0.15, 0.2) is 11.6 Å². The topological polar surface area (TPSA) is 109 Å². The summed E-state index contributed by atoms with van der Waals surface area (Å²) in [5.41, 5.74) is 8.01. The molecule has 0 bridgehead atoms. The summed E-state index contributed by atoms with van der Waals surface area (Å²) in [6.45, 7) is 7.44. The van der Waals surface area contributed by atoms with Gasteiger partial charge in [-0.15, -0.1) is 0 Å². The zero-order chi connectivity index (χ0) is 32.0. The van der Waals surface area contributed by atoms with Gasteiger partial charge in [-0.2, -0.15) is 0 Å². The van der Waals surface area contributed by atoms with Crippen molar-refractivity contribution in [2.75, 3.05) is 32.0 Å². The third kappa shape index (κ3) is 6.07. The van der Waals surface area contributed by atoms with Crippen molar-refractivity contribution >= 4 is 29.0 Å². The summed E-state index contributed by atoms with van der Waals surface area (Å²) in [4.78, 5) is 40.7. The molecule has 1 amide bonds. The second-order valence-electron chi connectivity index (χ2n) is 12.4. The summed E-state index contributed by atoms with van der Waals surface area (Å²) in [5.74, 6) is 0.455. The van der Waals surface area contributed by atoms with Crippen LogP contribution in [0.5, 0.6) is 0 Å². The smallest absolute Gasteiger partial charge is 0.291 e. The Kier molecular flexibility index (Phi) is 8.67. The second kappa shape index (κ2) is 12.5. The zero-order valence-corrected chi connectivity index (χ0v) is 27.3. The van der Waals surface area contributed by atoms with Gasteiger partial charge in [0.25, 0.3) is 5.91 Å². The molecular weight excluding hydrogens is 590 g/mol.